The molecule has 1 spiro atoms. The predicted octanol–water partition coefficient (Wildman–Crippen LogP) is 3.00. The summed E-state index contributed by atoms with van der Waals surface area (Å²) < 4.78 is 39.2. The average molecular weight is 475 g/mol. The molecule has 1 N–H and O–H groups in total. The Morgan fingerprint density at radius 1 is 1.18 bits per heavy atom. The van der Waals surface area contributed by atoms with E-state index >= 15 is 0 Å². The monoisotopic (exact) mass is 474 g/mol. The van der Waals surface area contributed by atoms with Crippen LogP contribution in [0.1, 0.15) is 54.6 Å². The van der Waals surface area contributed by atoms with Crippen LogP contribution in [0.15, 0.2) is 28.7 Å². The van der Waals surface area contributed by atoms with Crippen LogP contribution >= 0.6 is 0 Å². The Labute approximate surface area is 193 Å². The zero-order chi connectivity index (χ0) is 23.4. The fraction of sp³-hybridized carbons (Fsp3) is 0.583. The van der Waals surface area contributed by atoms with Crippen molar-refractivity contribution >= 4 is 32.8 Å². The van der Waals surface area contributed by atoms with E-state index in [0.717, 1.165) is 23.8 Å². The molecule has 5 rings (SSSR count). The molecule has 8 nitrogen and oxygen atoms in total. The first-order valence-corrected chi connectivity index (χ1v) is 13.1. The van der Waals surface area contributed by atoms with Crippen molar-refractivity contribution in [1.29, 1.82) is 0 Å². The third-order valence-corrected chi connectivity index (χ3v) is 9.78. The van der Waals surface area contributed by atoms with Gasteiger partial charge in [0.2, 0.25) is 15.9 Å². The maximum Gasteiger partial charge on any atom is 0.289 e. The standard InChI is InChI=1S/C24H30N2O6S/c1-15-4-3-5-19-18(15)12-20(32-19)23(28)26-10-7-17(8-11-26)33(29,30)25-22(27)16-13-24(14-16)9-6-21(24)31-2/h3-5,12,16-17,21H,6-11,13-14H2,1-2H3,(H,25,27). The van der Waals surface area contributed by atoms with Crippen LogP contribution in [0.3, 0.4) is 0 Å². The number of benzene rings is 1. The molecule has 9 heteroatoms. The predicted molar refractivity (Wildman–Crippen MR) is 122 cm³/mol. The Morgan fingerprint density at radius 2 is 1.91 bits per heavy atom. The first-order valence-electron chi connectivity index (χ1n) is 11.6. The number of methoxy groups -OCH3 is 1. The number of hydrogen-bond acceptors (Lipinski definition) is 6. The first kappa shape index (κ1) is 22.4. The van der Waals surface area contributed by atoms with Crippen LogP contribution in [0, 0.1) is 18.3 Å². The quantitative estimate of drug-likeness (QED) is 0.714. The van der Waals surface area contributed by atoms with Crippen LogP contribution < -0.4 is 4.72 Å². The zero-order valence-electron chi connectivity index (χ0n) is 19.0. The lowest BCUT2D eigenvalue weighted by atomic mass is 9.50. The molecule has 0 bridgehead atoms. The van der Waals surface area contributed by atoms with E-state index in [9.17, 15) is 18.0 Å². The number of amides is 2. The number of sulfonamides is 1. The van der Waals surface area contributed by atoms with Gasteiger partial charge in [0.1, 0.15) is 5.58 Å². The molecular formula is C24H30N2O6S. The summed E-state index contributed by atoms with van der Waals surface area (Å²) in [6.45, 7) is 2.57. The second-order valence-corrected chi connectivity index (χ2v) is 11.8. The molecule has 2 aliphatic carbocycles. The van der Waals surface area contributed by atoms with E-state index in [1.165, 1.54) is 0 Å². The number of aryl methyl sites for hydroxylation is 1. The molecule has 1 aromatic carbocycles. The van der Waals surface area contributed by atoms with E-state index in [-0.39, 0.29) is 41.9 Å². The lowest BCUT2D eigenvalue weighted by molar-refractivity contribution is -0.169. The fourth-order valence-electron chi connectivity index (χ4n) is 5.76. The molecule has 2 heterocycles. The molecule has 1 saturated heterocycles. The van der Waals surface area contributed by atoms with Gasteiger partial charge < -0.3 is 14.1 Å². The summed E-state index contributed by atoms with van der Waals surface area (Å²) in [5, 5.41) is 0.213. The van der Waals surface area contributed by atoms with Crippen molar-refractivity contribution in [3.05, 3.63) is 35.6 Å². The highest BCUT2D eigenvalue weighted by molar-refractivity contribution is 7.90. The van der Waals surface area contributed by atoms with E-state index in [0.29, 0.717) is 31.5 Å². The van der Waals surface area contributed by atoms with Gasteiger partial charge in [0.05, 0.1) is 11.4 Å². The number of fused-ring (bicyclic) bond motifs is 1. The molecule has 0 radical (unpaired) electrons. The van der Waals surface area contributed by atoms with Gasteiger partial charge in [-0.2, -0.15) is 0 Å². The highest BCUT2D eigenvalue weighted by Gasteiger charge is 2.57. The van der Waals surface area contributed by atoms with Gasteiger partial charge >= 0.3 is 0 Å². The number of furan rings is 1. The summed E-state index contributed by atoms with van der Waals surface area (Å²) in [7, 11) is -2.09. The summed E-state index contributed by atoms with van der Waals surface area (Å²) in [5.41, 5.74) is 1.76. The van der Waals surface area contributed by atoms with E-state index in [2.05, 4.69) is 4.72 Å². The summed E-state index contributed by atoms with van der Waals surface area (Å²) in [5.74, 6) is -0.647. The summed E-state index contributed by atoms with van der Waals surface area (Å²) in [4.78, 5) is 27.1. The molecule has 1 aromatic heterocycles. The van der Waals surface area contributed by atoms with E-state index < -0.39 is 21.2 Å². The number of nitrogens with one attached hydrogen (secondary N) is 1. The highest BCUT2D eigenvalue weighted by Crippen LogP contribution is 2.59. The van der Waals surface area contributed by atoms with Gasteiger partial charge in [-0.15, -0.1) is 0 Å². The second-order valence-electron chi connectivity index (χ2n) is 9.83. The van der Waals surface area contributed by atoms with E-state index in [1.54, 1.807) is 18.1 Å². The van der Waals surface area contributed by atoms with Crippen LogP contribution in [0.2, 0.25) is 0 Å². The SMILES string of the molecule is COC1CCC12CC(C(=O)NS(=O)(=O)C1CCN(C(=O)c3cc4c(C)cccc4o3)CC1)C2. The Kier molecular flexibility index (Phi) is 5.52. The van der Waals surface area contributed by atoms with Crippen molar-refractivity contribution in [2.75, 3.05) is 20.2 Å². The Hall–Kier alpha value is -2.39. The molecule has 178 valence electrons. The Balaban J connectivity index is 1.16. The Bertz CT molecular complexity index is 1190. The van der Waals surface area contributed by atoms with Crippen molar-refractivity contribution in [2.45, 2.75) is 56.8 Å². The highest BCUT2D eigenvalue weighted by atomic mass is 32.2. The molecule has 2 amide bonds. The number of likely N-dealkylation sites (tertiary alicyclic amines) is 1. The topological polar surface area (TPSA) is 106 Å². The van der Waals surface area contributed by atoms with Gasteiger partial charge in [-0.1, -0.05) is 12.1 Å². The molecule has 33 heavy (non-hydrogen) atoms. The first-order chi connectivity index (χ1) is 15.7. The van der Waals surface area contributed by atoms with Crippen LogP contribution in [0.4, 0.5) is 0 Å². The molecule has 3 aliphatic rings. The largest absolute Gasteiger partial charge is 0.451 e. The minimum atomic E-state index is -3.78. The number of hydrogen-bond donors (Lipinski definition) is 1. The van der Waals surface area contributed by atoms with Gasteiger partial charge in [0.15, 0.2) is 5.76 Å². The molecule has 1 atom stereocenters. The van der Waals surface area contributed by atoms with Crippen LogP contribution in [-0.2, 0) is 19.6 Å². The van der Waals surface area contributed by atoms with Crippen molar-refractivity contribution in [1.82, 2.24) is 9.62 Å². The van der Waals surface area contributed by atoms with Crippen molar-refractivity contribution in [2.24, 2.45) is 11.3 Å². The Morgan fingerprint density at radius 3 is 2.52 bits per heavy atom. The van der Waals surface area contributed by atoms with E-state index in [4.69, 9.17) is 9.15 Å². The van der Waals surface area contributed by atoms with Crippen molar-refractivity contribution in [3.63, 3.8) is 0 Å². The number of rotatable bonds is 5. The minimum Gasteiger partial charge on any atom is -0.451 e. The second kappa shape index (κ2) is 8.13. The lowest BCUT2D eigenvalue weighted by Gasteiger charge is -2.58. The van der Waals surface area contributed by atoms with Crippen molar-refractivity contribution < 1.29 is 27.2 Å². The average Bonchev–Trinajstić information content (AvgIpc) is 3.17. The smallest absolute Gasteiger partial charge is 0.289 e. The number of nitrogens with zero attached hydrogens (tertiary/aromatic N) is 1. The van der Waals surface area contributed by atoms with Crippen LogP contribution in [0.5, 0.6) is 0 Å². The van der Waals surface area contributed by atoms with E-state index in [1.807, 2.05) is 25.1 Å². The molecular weight excluding hydrogens is 444 g/mol. The van der Waals surface area contributed by atoms with Gasteiger partial charge in [-0.05, 0) is 68.6 Å². The van der Waals surface area contributed by atoms with Crippen LogP contribution in [0.25, 0.3) is 11.0 Å². The molecule has 1 aliphatic heterocycles. The van der Waals surface area contributed by atoms with Gasteiger partial charge in [-0.25, -0.2) is 8.42 Å². The van der Waals surface area contributed by atoms with Gasteiger partial charge in [0.25, 0.3) is 5.91 Å². The van der Waals surface area contributed by atoms with Gasteiger partial charge in [0, 0.05) is 31.5 Å². The molecule has 1 unspecified atom stereocenters. The van der Waals surface area contributed by atoms with Crippen LogP contribution in [-0.4, -0.2) is 56.7 Å². The van der Waals surface area contributed by atoms with Crippen molar-refractivity contribution in [3.8, 4) is 0 Å². The number of carbonyl (C=O) groups excluding carboxylic acids is 2. The molecule has 2 saturated carbocycles. The summed E-state index contributed by atoms with van der Waals surface area (Å²) >= 11 is 0. The third-order valence-electron chi connectivity index (χ3n) is 7.95. The lowest BCUT2D eigenvalue weighted by Crippen LogP contribution is -2.58. The maximum absolute atomic E-state index is 12.9. The number of piperidine rings is 1. The molecule has 3 fully saturated rings. The van der Waals surface area contributed by atoms with Gasteiger partial charge in [-0.3, -0.25) is 14.3 Å². The normalized spacial score (nSPS) is 27.9. The minimum absolute atomic E-state index is 0.0708. The zero-order valence-corrected chi connectivity index (χ0v) is 19.8. The maximum atomic E-state index is 12.9. The number of carbonyl (C=O) groups is 2. The third kappa shape index (κ3) is 3.85. The summed E-state index contributed by atoms with van der Waals surface area (Å²) in [6.07, 6.45) is 4.19. The fourth-order valence-corrected chi connectivity index (χ4v) is 7.20. The summed E-state index contributed by atoms with van der Waals surface area (Å²) in [6, 6.07) is 7.41. The number of ether oxygens (including phenoxy) is 1. The molecule has 2 aromatic rings.